The van der Waals surface area contributed by atoms with Crippen LogP contribution in [0.5, 0.6) is 0 Å². The Kier molecular flexibility index (Phi) is 4.44. The number of nitrogens with zero attached hydrogens (tertiary/aromatic N) is 3. The van der Waals surface area contributed by atoms with E-state index in [9.17, 15) is 14.0 Å². The molecule has 2 atom stereocenters. The lowest BCUT2D eigenvalue weighted by Crippen LogP contribution is -2.49. The van der Waals surface area contributed by atoms with Crippen molar-refractivity contribution in [2.45, 2.75) is 31.2 Å². The predicted molar refractivity (Wildman–Crippen MR) is 96.2 cm³/mol. The van der Waals surface area contributed by atoms with Gasteiger partial charge in [0.2, 0.25) is 11.9 Å². The first-order valence-electron chi connectivity index (χ1n) is 8.41. The first kappa shape index (κ1) is 17.1. The summed E-state index contributed by atoms with van der Waals surface area (Å²) in [6, 6.07) is 5.69. The number of carbonyl (C=O) groups excluding carboxylic acids is 2. The summed E-state index contributed by atoms with van der Waals surface area (Å²) in [6.07, 6.45) is 4.86. The molecule has 2 aliphatic rings. The van der Waals surface area contributed by atoms with Gasteiger partial charge in [0.25, 0.3) is 5.91 Å². The topological polar surface area (TPSA) is 75.2 Å². The zero-order valence-corrected chi connectivity index (χ0v) is 15.4. The molecule has 2 unspecified atom stereocenters. The molecule has 2 aromatic rings. The Bertz CT molecular complexity index is 874. The lowest BCUT2D eigenvalue weighted by molar-refractivity contribution is -0.117. The second-order valence-electron chi connectivity index (χ2n) is 6.54. The summed E-state index contributed by atoms with van der Waals surface area (Å²) in [7, 11) is 0. The number of halogens is 2. The Labute approximate surface area is 158 Å². The Morgan fingerprint density at radius 3 is 2.85 bits per heavy atom. The number of hydrogen-bond acceptors (Lipinski definition) is 4. The maximum absolute atomic E-state index is 13.0. The van der Waals surface area contributed by atoms with Crippen LogP contribution in [0.2, 0.25) is 0 Å². The van der Waals surface area contributed by atoms with Gasteiger partial charge in [0.05, 0.1) is 12.4 Å². The van der Waals surface area contributed by atoms with Gasteiger partial charge in [-0.25, -0.2) is 14.4 Å². The van der Waals surface area contributed by atoms with E-state index < -0.39 is 11.7 Å². The van der Waals surface area contributed by atoms with Gasteiger partial charge < -0.3 is 4.90 Å². The lowest BCUT2D eigenvalue weighted by Gasteiger charge is -2.38. The Morgan fingerprint density at radius 2 is 2.08 bits per heavy atom. The molecule has 26 heavy (non-hydrogen) atoms. The van der Waals surface area contributed by atoms with Crippen LogP contribution in [0.1, 0.15) is 41.1 Å². The minimum Gasteiger partial charge on any atom is -0.326 e. The van der Waals surface area contributed by atoms with Crippen molar-refractivity contribution < 1.29 is 14.0 Å². The summed E-state index contributed by atoms with van der Waals surface area (Å²) in [5.41, 5.74) is 1.72. The van der Waals surface area contributed by atoms with Crippen molar-refractivity contribution in [2.24, 2.45) is 0 Å². The van der Waals surface area contributed by atoms with Crippen LogP contribution in [0.4, 0.5) is 10.3 Å². The quantitative estimate of drug-likeness (QED) is 0.830. The number of amides is 2. The fraction of sp³-hybridized carbons (Fsp3) is 0.333. The molecule has 0 bridgehead atoms. The Morgan fingerprint density at radius 1 is 1.31 bits per heavy atom. The van der Waals surface area contributed by atoms with Crippen LogP contribution in [0, 0.1) is 5.82 Å². The van der Waals surface area contributed by atoms with E-state index in [1.807, 2.05) is 18.2 Å². The number of carbonyl (C=O) groups is 2. The van der Waals surface area contributed by atoms with Crippen molar-refractivity contribution in [1.82, 2.24) is 14.9 Å². The fourth-order valence-electron chi connectivity index (χ4n) is 3.90. The largest absolute Gasteiger partial charge is 0.326 e. The average molecular weight is 419 g/mol. The van der Waals surface area contributed by atoms with Crippen LogP contribution in [0.3, 0.4) is 0 Å². The molecule has 1 fully saturated rings. The summed E-state index contributed by atoms with van der Waals surface area (Å²) in [5.74, 6) is -0.837. The van der Waals surface area contributed by atoms with Gasteiger partial charge in [0.1, 0.15) is 6.54 Å². The molecule has 1 saturated carbocycles. The number of benzene rings is 1. The van der Waals surface area contributed by atoms with Crippen LogP contribution < -0.4 is 5.32 Å². The molecule has 2 amide bonds. The third-order valence-corrected chi connectivity index (χ3v) is 5.46. The summed E-state index contributed by atoms with van der Waals surface area (Å²) >= 11 is 3.48. The van der Waals surface area contributed by atoms with Gasteiger partial charge in [-0.3, -0.25) is 14.9 Å². The molecule has 1 N–H and O–H groups in total. The van der Waals surface area contributed by atoms with E-state index in [2.05, 4.69) is 31.2 Å². The zero-order chi connectivity index (χ0) is 18.3. The van der Waals surface area contributed by atoms with Gasteiger partial charge in [-0.05, 0) is 36.6 Å². The molecular formula is C18H16BrFN4O2. The molecule has 6 nitrogen and oxygen atoms in total. The molecule has 0 spiro atoms. The second-order valence-corrected chi connectivity index (χ2v) is 7.46. The van der Waals surface area contributed by atoms with Gasteiger partial charge in [0, 0.05) is 22.0 Å². The first-order valence-corrected chi connectivity index (χ1v) is 9.20. The van der Waals surface area contributed by atoms with E-state index in [1.54, 1.807) is 4.90 Å². The third kappa shape index (κ3) is 3.09. The van der Waals surface area contributed by atoms with E-state index >= 15 is 0 Å². The SMILES string of the molecule is O=C(CN1C(=O)c2ccc(Br)cc2C2CCCC21)Nc1ncc(F)cn1. The van der Waals surface area contributed by atoms with E-state index in [-0.39, 0.29) is 30.4 Å². The summed E-state index contributed by atoms with van der Waals surface area (Å²) < 4.78 is 13.8. The van der Waals surface area contributed by atoms with Gasteiger partial charge >= 0.3 is 0 Å². The highest BCUT2D eigenvalue weighted by molar-refractivity contribution is 9.10. The minimum atomic E-state index is -0.578. The Hall–Kier alpha value is -2.35. The lowest BCUT2D eigenvalue weighted by atomic mass is 9.85. The van der Waals surface area contributed by atoms with E-state index in [0.29, 0.717) is 5.56 Å². The summed E-state index contributed by atoms with van der Waals surface area (Å²) in [6.45, 7) is -0.0732. The second kappa shape index (κ2) is 6.75. The average Bonchev–Trinajstić information content (AvgIpc) is 3.10. The number of anilines is 1. The van der Waals surface area contributed by atoms with Gasteiger partial charge in [0.15, 0.2) is 5.82 Å². The smallest absolute Gasteiger partial charge is 0.254 e. The molecule has 0 radical (unpaired) electrons. The highest BCUT2D eigenvalue weighted by Gasteiger charge is 2.42. The van der Waals surface area contributed by atoms with Crippen LogP contribution in [-0.4, -0.2) is 39.3 Å². The molecular weight excluding hydrogens is 403 g/mol. The number of fused-ring (bicyclic) bond motifs is 3. The zero-order valence-electron chi connectivity index (χ0n) is 13.8. The normalized spacial score (nSPS) is 21.3. The number of nitrogens with one attached hydrogen (secondary N) is 1. The van der Waals surface area contributed by atoms with Crippen molar-refractivity contribution in [2.75, 3.05) is 11.9 Å². The van der Waals surface area contributed by atoms with Crippen molar-refractivity contribution >= 4 is 33.7 Å². The van der Waals surface area contributed by atoms with E-state index in [1.165, 1.54) is 0 Å². The van der Waals surface area contributed by atoms with Gasteiger partial charge in [-0.1, -0.05) is 22.4 Å². The molecule has 1 aliphatic carbocycles. The number of aromatic nitrogens is 2. The molecule has 8 heteroatoms. The van der Waals surface area contributed by atoms with Crippen molar-refractivity contribution in [3.8, 4) is 0 Å². The van der Waals surface area contributed by atoms with Gasteiger partial charge in [-0.2, -0.15) is 0 Å². The highest BCUT2D eigenvalue weighted by Crippen LogP contribution is 2.44. The summed E-state index contributed by atoms with van der Waals surface area (Å²) in [4.78, 5) is 34.4. The third-order valence-electron chi connectivity index (χ3n) is 4.97. The molecule has 1 aliphatic heterocycles. The minimum absolute atomic E-state index is 0.0178. The van der Waals surface area contributed by atoms with E-state index in [0.717, 1.165) is 41.7 Å². The molecule has 134 valence electrons. The maximum atomic E-state index is 13.0. The first-order chi connectivity index (χ1) is 12.5. The van der Waals surface area contributed by atoms with Crippen LogP contribution in [-0.2, 0) is 4.79 Å². The molecule has 2 heterocycles. The molecule has 1 aromatic carbocycles. The highest BCUT2D eigenvalue weighted by atomic mass is 79.9. The fourth-order valence-corrected chi connectivity index (χ4v) is 4.28. The van der Waals surface area contributed by atoms with Crippen molar-refractivity contribution in [1.29, 1.82) is 0 Å². The monoisotopic (exact) mass is 418 g/mol. The number of rotatable bonds is 3. The standard InChI is InChI=1S/C18H16BrFN4O2/c19-10-4-5-13-14(6-10)12-2-1-3-15(12)24(17(13)26)9-16(25)23-18-21-7-11(20)8-22-18/h4-8,12,15H,1-3,9H2,(H,21,22,23,25). The van der Waals surface area contributed by atoms with Crippen LogP contribution in [0.15, 0.2) is 35.1 Å². The van der Waals surface area contributed by atoms with Crippen LogP contribution in [0.25, 0.3) is 0 Å². The van der Waals surface area contributed by atoms with Crippen molar-refractivity contribution in [3.63, 3.8) is 0 Å². The molecule has 0 saturated heterocycles. The summed E-state index contributed by atoms with van der Waals surface area (Å²) in [5, 5.41) is 2.52. The van der Waals surface area contributed by atoms with E-state index in [4.69, 9.17) is 0 Å². The predicted octanol–water partition coefficient (Wildman–Crippen LogP) is 3.11. The Balaban J connectivity index is 1.56. The molecule has 4 rings (SSSR count). The maximum Gasteiger partial charge on any atom is 0.254 e. The number of hydrogen-bond donors (Lipinski definition) is 1. The van der Waals surface area contributed by atoms with Crippen molar-refractivity contribution in [3.05, 3.63) is 52.0 Å². The van der Waals surface area contributed by atoms with Gasteiger partial charge in [-0.15, -0.1) is 0 Å². The molecule has 1 aromatic heterocycles. The van der Waals surface area contributed by atoms with Crippen LogP contribution >= 0.6 is 15.9 Å².